The van der Waals surface area contributed by atoms with Crippen LogP contribution in [-0.2, 0) is 19.6 Å². The summed E-state index contributed by atoms with van der Waals surface area (Å²) in [6, 6.07) is 1.64. The van der Waals surface area contributed by atoms with Crippen molar-refractivity contribution < 1.29 is 22.7 Å². The minimum absolute atomic E-state index is 0.325. The van der Waals surface area contributed by atoms with Crippen molar-refractivity contribution in [1.29, 1.82) is 0 Å². The van der Waals surface area contributed by atoms with Crippen molar-refractivity contribution in [2.75, 3.05) is 7.11 Å². The molecule has 1 amide bonds. The largest absolute Gasteiger partial charge is 0.469 e. The molecule has 0 saturated heterocycles. The molecule has 0 spiro atoms. The predicted octanol–water partition coefficient (Wildman–Crippen LogP) is 1.62. The number of thiophene rings is 1. The molecule has 0 unspecified atom stereocenters. The zero-order valence-corrected chi connectivity index (χ0v) is 14.2. The van der Waals surface area contributed by atoms with E-state index in [0.717, 1.165) is 10.4 Å². The fourth-order valence-electron chi connectivity index (χ4n) is 1.60. The molecule has 0 saturated carbocycles. The molecule has 1 aromatic heterocycles. The summed E-state index contributed by atoms with van der Waals surface area (Å²) in [5.74, 6) is -2.18. The van der Waals surface area contributed by atoms with Gasteiger partial charge < -0.3 is 4.74 Å². The van der Waals surface area contributed by atoms with Gasteiger partial charge in [-0.05, 0) is 32.4 Å². The number of hydrogen-bond donors (Lipinski definition) is 1. The first-order valence-corrected chi connectivity index (χ1v) is 8.67. The van der Waals surface area contributed by atoms with Crippen molar-refractivity contribution >= 4 is 33.2 Å². The van der Waals surface area contributed by atoms with E-state index in [1.54, 1.807) is 6.07 Å². The Morgan fingerprint density at radius 2 is 1.86 bits per heavy atom. The number of ether oxygens (including phenoxy) is 1. The summed E-state index contributed by atoms with van der Waals surface area (Å²) >= 11 is 1.23. The quantitative estimate of drug-likeness (QED) is 0.827. The van der Waals surface area contributed by atoms with Crippen molar-refractivity contribution in [2.45, 2.75) is 32.9 Å². The van der Waals surface area contributed by atoms with Crippen molar-refractivity contribution in [3.8, 4) is 0 Å². The highest BCUT2D eigenvalue weighted by Gasteiger charge is 2.33. The van der Waals surface area contributed by atoms with Crippen LogP contribution >= 0.6 is 11.3 Å². The van der Waals surface area contributed by atoms with E-state index in [0.29, 0.717) is 4.88 Å². The number of methoxy groups -OCH3 is 1. The number of rotatable bonds is 5. The van der Waals surface area contributed by atoms with E-state index in [4.69, 9.17) is 0 Å². The summed E-state index contributed by atoms with van der Waals surface area (Å²) in [5, 5.41) is -1.07. The van der Waals surface area contributed by atoms with Gasteiger partial charge in [0.05, 0.1) is 23.2 Å². The van der Waals surface area contributed by atoms with Gasteiger partial charge in [-0.3, -0.25) is 9.59 Å². The number of carbonyl (C=O) groups is 2. The topological polar surface area (TPSA) is 89.5 Å². The summed E-state index contributed by atoms with van der Waals surface area (Å²) < 4.78 is 30.8. The fourth-order valence-corrected chi connectivity index (χ4v) is 3.80. The first kappa shape index (κ1) is 17.6. The third kappa shape index (κ3) is 4.04. The van der Waals surface area contributed by atoms with Gasteiger partial charge in [0.2, 0.25) is 10.0 Å². The zero-order chi connectivity index (χ0) is 16.4. The molecule has 1 N–H and O–H groups in total. The molecule has 8 heteroatoms. The van der Waals surface area contributed by atoms with Crippen molar-refractivity contribution in [3.63, 3.8) is 0 Å². The second-order valence-corrected chi connectivity index (χ2v) is 8.14. The molecule has 0 radical (unpaired) electrons. The summed E-state index contributed by atoms with van der Waals surface area (Å²) in [6.45, 7) is 6.51. The summed E-state index contributed by atoms with van der Waals surface area (Å²) in [6.07, 6.45) is 0. The molecule has 0 aliphatic heterocycles. The van der Waals surface area contributed by atoms with Crippen LogP contribution in [0.5, 0.6) is 0 Å². The highest BCUT2D eigenvalue weighted by Crippen LogP contribution is 2.21. The first-order chi connectivity index (χ1) is 9.60. The molecule has 0 fully saturated rings. The maximum Gasteiger partial charge on any atom is 0.309 e. The molecule has 21 heavy (non-hydrogen) atoms. The van der Waals surface area contributed by atoms with E-state index in [-0.39, 0.29) is 0 Å². The minimum Gasteiger partial charge on any atom is -0.469 e. The lowest BCUT2D eigenvalue weighted by molar-refractivity contribution is -0.144. The SMILES string of the molecule is COC(=O)[C@H](C)[C@@H](C)S(=O)(=O)NC(=O)c1cc(C)c(C)s1. The Labute approximate surface area is 128 Å². The van der Waals surface area contributed by atoms with Gasteiger partial charge in [0.25, 0.3) is 5.91 Å². The number of sulfonamides is 1. The molecule has 2 atom stereocenters. The number of hydrogen-bond acceptors (Lipinski definition) is 6. The second kappa shape index (κ2) is 6.57. The van der Waals surface area contributed by atoms with Gasteiger partial charge in [-0.2, -0.15) is 0 Å². The molecule has 0 aliphatic carbocycles. The lowest BCUT2D eigenvalue weighted by Gasteiger charge is -2.18. The highest BCUT2D eigenvalue weighted by molar-refractivity contribution is 7.90. The van der Waals surface area contributed by atoms with Crippen LogP contribution in [0, 0.1) is 19.8 Å². The van der Waals surface area contributed by atoms with Gasteiger partial charge in [-0.15, -0.1) is 11.3 Å². The van der Waals surface area contributed by atoms with Gasteiger partial charge in [-0.25, -0.2) is 13.1 Å². The van der Waals surface area contributed by atoms with E-state index >= 15 is 0 Å². The van der Waals surface area contributed by atoms with Gasteiger partial charge >= 0.3 is 5.97 Å². The van der Waals surface area contributed by atoms with Crippen LogP contribution in [0.25, 0.3) is 0 Å². The Morgan fingerprint density at radius 1 is 1.29 bits per heavy atom. The molecule has 1 heterocycles. The van der Waals surface area contributed by atoms with E-state index in [1.807, 2.05) is 18.6 Å². The number of carbonyl (C=O) groups excluding carboxylic acids is 2. The monoisotopic (exact) mass is 333 g/mol. The summed E-state index contributed by atoms with van der Waals surface area (Å²) in [4.78, 5) is 24.7. The predicted molar refractivity (Wildman–Crippen MR) is 80.8 cm³/mol. The van der Waals surface area contributed by atoms with Crippen molar-refractivity contribution in [3.05, 3.63) is 21.4 Å². The number of amides is 1. The Kier molecular flexibility index (Phi) is 5.52. The second-order valence-electron chi connectivity index (χ2n) is 4.84. The standard InChI is InChI=1S/C13H19NO5S2/c1-7-6-11(20-9(7)3)12(15)14-21(17,18)10(4)8(2)13(16)19-5/h6,8,10H,1-5H3,(H,14,15)/t8-,10-/m1/s1. The van der Waals surface area contributed by atoms with Gasteiger partial charge in [0.15, 0.2) is 0 Å². The maximum absolute atomic E-state index is 12.1. The molecule has 118 valence electrons. The third-order valence-corrected chi connectivity index (χ3v) is 6.40. The lowest BCUT2D eigenvalue weighted by Crippen LogP contribution is -2.41. The number of nitrogens with one attached hydrogen (secondary N) is 1. The summed E-state index contributed by atoms with van der Waals surface area (Å²) in [7, 11) is -2.77. The van der Waals surface area contributed by atoms with Gasteiger partial charge in [0.1, 0.15) is 0 Å². The Hall–Kier alpha value is -1.41. The fraction of sp³-hybridized carbons (Fsp3) is 0.538. The molecule has 1 rings (SSSR count). The van der Waals surface area contributed by atoms with E-state index in [9.17, 15) is 18.0 Å². The van der Waals surface area contributed by atoms with Crippen LogP contribution in [-0.4, -0.2) is 32.7 Å². The van der Waals surface area contributed by atoms with Crippen LogP contribution in [0.1, 0.15) is 34.0 Å². The van der Waals surface area contributed by atoms with Crippen LogP contribution in [0.4, 0.5) is 0 Å². The average Bonchev–Trinajstić information content (AvgIpc) is 2.75. The zero-order valence-electron chi connectivity index (χ0n) is 12.6. The normalized spacial score (nSPS) is 14.3. The van der Waals surface area contributed by atoms with E-state index in [1.165, 1.54) is 32.3 Å². The molecule has 1 aromatic rings. The molecule has 6 nitrogen and oxygen atoms in total. The molecule has 0 bridgehead atoms. The van der Waals surface area contributed by atoms with Gasteiger partial charge in [-0.1, -0.05) is 6.92 Å². The summed E-state index contributed by atoms with van der Waals surface area (Å²) in [5.41, 5.74) is 0.929. The smallest absolute Gasteiger partial charge is 0.309 e. The van der Waals surface area contributed by atoms with Crippen LogP contribution < -0.4 is 4.72 Å². The van der Waals surface area contributed by atoms with E-state index < -0.39 is 33.1 Å². The van der Waals surface area contributed by atoms with Gasteiger partial charge in [0, 0.05) is 4.88 Å². The highest BCUT2D eigenvalue weighted by atomic mass is 32.2. The molecular weight excluding hydrogens is 314 g/mol. The van der Waals surface area contributed by atoms with E-state index in [2.05, 4.69) is 4.74 Å². The first-order valence-electron chi connectivity index (χ1n) is 6.31. The lowest BCUT2D eigenvalue weighted by atomic mass is 10.1. The van der Waals surface area contributed by atoms with Crippen molar-refractivity contribution in [1.82, 2.24) is 4.72 Å². The van der Waals surface area contributed by atoms with Crippen molar-refractivity contribution in [2.24, 2.45) is 5.92 Å². The molecule has 0 aliphatic rings. The number of aryl methyl sites for hydroxylation is 2. The Bertz CT molecular complexity index is 628. The Balaban J connectivity index is 2.89. The minimum atomic E-state index is -3.96. The van der Waals surface area contributed by atoms with Crippen LogP contribution in [0.15, 0.2) is 6.07 Å². The van der Waals surface area contributed by atoms with Crippen LogP contribution in [0.2, 0.25) is 0 Å². The number of esters is 1. The van der Waals surface area contributed by atoms with Crippen LogP contribution in [0.3, 0.4) is 0 Å². The molecular formula is C13H19NO5S2. The average molecular weight is 333 g/mol. The Morgan fingerprint density at radius 3 is 2.29 bits per heavy atom. The maximum atomic E-state index is 12.1. The third-order valence-electron chi connectivity index (χ3n) is 3.39. The molecule has 0 aromatic carbocycles.